The first-order chi connectivity index (χ1) is 37.1. The fraction of sp³-hybridized carbons (Fsp3) is 0.536. The Kier molecular flexibility index (Phi) is 18.0. The van der Waals surface area contributed by atoms with Gasteiger partial charge in [-0.3, -0.25) is 0 Å². The third-order valence-corrected chi connectivity index (χ3v) is 14.4. The van der Waals surface area contributed by atoms with Gasteiger partial charge in [-0.25, -0.2) is 28.9 Å². The van der Waals surface area contributed by atoms with Crippen molar-refractivity contribution >= 4 is 58.4 Å². The number of benzene rings is 2. The van der Waals surface area contributed by atoms with E-state index in [0.717, 1.165) is 80.0 Å². The molecule has 4 aromatic heterocycles. The van der Waals surface area contributed by atoms with Gasteiger partial charge >= 0.3 is 19.3 Å². The summed E-state index contributed by atoms with van der Waals surface area (Å²) in [7, 11) is -1.46. The van der Waals surface area contributed by atoms with Gasteiger partial charge in [-0.05, 0) is 135 Å². The molecular weight excluding hydrogens is 1020 g/mol. The number of likely N-dealkylation sites (tertiary alicyclic amines) is 2. The lowest BCUT2D eigenvalue weighted by molar-refractivity contribution is -0.0530. The van der Waals surface area contributed by atoms with E-state index in [9.17, 15) is 14.7 Å². The molecule has 4 N–H and O–H groups in total. The first-order valence-corrected chi connectivity index (χ1v) is 27.2. The summed E-state index contributed by atoms with van der Waals surface area (Å²) >= 11 is 6.31. The van der Waals surface area contributed by atoms with E-state index in [0.29, 0.717) is 79.4 Å². The van der Waals surface area contributed by atoms with Crippen molar-refractivity contribution in [1.82, 2.24) is 39.3 Å². The standard InChI is InChI=1S/C28H36N4O5.C22H31ClN4O4.C6H7BO3/c1-5-28(16-31(17-28)26(34)37-27(2,3)4)18-36-23-14-22(19-9-11-20(33)12-10-19)30-25-21(23)15-29-32(25)24-8-6-7-13-35-24;1-5-22(12-26(13-22)20(28)31-21(2,3)4)14-30-16-10-17(23)25-19-15(16)11-24-27(19)18-8-6-7-9-29-18;8-6-3-1-5(2-4-6)7(9)10/h9-12,14-15,24,33H,5-8,13,16-18H2,1-4H3;10-11,18H,5-9,12-14H2,1-4H3;1-4,8-10H. The maximum atomic E-state index is 12.5. The van der Waals surface area contributed by atoms with E-state index < -0.39 is 18.3 Å². The second kappa shape index (κ2) is 24.3. The van der Waals surface area contributed by atoms with Crippen LogP contribution in [0.3, 0.4) is 0 Å². The average Bonchev–Trinajstić information content (AvgIpc) is 4.09. The number of hydrogen-bond donors (Lipinski definition) is 4. The van der Waals surface area contributed by atoms with Crippen LogP contribution in [0.2, 0.25) is 5.15 Å². The number of phenols is 2. The van der Waals surface area contributed by atoms with Gasteiger partial charge < -0.3 is 58.5 Å². The Balaban J connectivity index is 0.000000177. The van der Waals surface area contributed by atoms with Crippen LogP contribution in [0.1, 0.15) is 119 Å². The highest BCUT2D eigenvalue weighted by Crippen LogP contribution is 2.40. The van der Waals surface area contributed by atoms with Gasteiger partial charge in [0.05, 0.1) is 42.1 Å². The maximum absolute atomic E-state index is 12.5. The number of ether oxygens (including phenoxy) is 6. The van der Waals surface area contributed by atoms with Crippen molar-refractivity contribution in [1.29, 1.82) is 0 Å². The Morgan fingerprint density at radius 1 is 0.667 bits per heavy atom. The summed E-state index contributed by atoms with van der Waals surface area (Å²) in [5, 5.41) is 46.8. The van der Waals surface area contributed by atoms with Crippen LogP contribution >= 0.6 is 11.6 Å². The molecule has 0 spiro atoms. The van der Waals surface area contributed by atoms with Crippen molar-refractivity contribution in [2.75, 3.05) is 52.6 Å². The van der Waals surface area contributed by atoms with Crippen molar-refractivity contribution in [3.63, 3.8) is 0 Å². The number of carbonyl (C=O) groups is 2. The first-order valence-electron chi connectivity index (χ1n) is 26.9. The Morgan fingerprint density at radius 3 is 1.51 bits per heavy atom. The van der Waals surface area contributed by atoms with E-state index >= 15 is 0 Å². The molecule has 0 saturated carbocycles. The SMILES string of the molecule is CCC1(COc2cc(-c3ccc(O)cc3)nc3c2cnn3C2CCCCO2)CN(C(=O)OC(C)(C)C)C1.CCC1(COc2cc(Cl)nc3c2cnn3C2CCCCO2)CN(C(=O)OC(C)(C)C)C1.OB(O)c1ccc(O)cc1. The minimum Gasteiger partial charge on any atom is -0.508 e. The fourth-order valence-electron chi connectivity index (χ4n) is 9.60. The number of halogens is 1. The summed E-state index contributed by atoms with van der Waals surface area (Å²) in [6, 6.07) is 16.3. The number of aromatic nitrogens is 6. The molecule has 0 aliphatic carbocycles. The van der Waals surface area contributed by atoms with Crippen LogP contribution in [0, 0.1) is 10.8 Å². The van der Waals surface area contributed by atoms with Crippen LogP contribution in [-0.4, -0.2) is 143 Å². The molecule has 22 heteroatoms. The van der Waals surface area contributed by atoms with Crippen LogP contribution in [0.25, 0.3) is 33.3 Å². The number of fused-ring (bicyclic) bond motifs is 2. The van der Waals surface area contributed by atoms with Crippen molar-refractivity contribution in [3.8, 4) is 34.3 Å². The number of phenolic OH excluding ortho intramolecular Hbond substituents is 2. The molecular formula is C56H74BClN8O12. The van der Waals surface area contributed by atoms with Crippen molar-refractivity contribution in [2.24, 2.45) is 10.8 Å². The Morgan fingerprint density at radius 2 is 1.10 bits per heavy atom. The maximum Gasteiger partial charge on any atom is 0.488 e. The molecule has 2 amide bonds. The van der Waals surface area contributed by atoms with Crippen LogP contribution in [0.5, 0.6) is 23.0 Å². The Hall–Kier alpha value is -6.39. The van der Waals surface area contributed by atoms with Crippen LogP contribution in [0.15, 0.2) is 73.1 Å². The van der Waals surface area contributed by atoms with Crippen LogP contribution in [0.4, 0.5) is 9.59 Å². The zero-order valence-corrected chi connectivity index (χ0v) is 46.7. The number of rotatable bonds is 12. The smallest absolute Gasteiger partial charge is 0.488 e. The van der Waals surface area contributed by atoms with Gasteiger partial charge in [0.1, 0.15) is 39.4 Å². The molecule has 6 aromatic rings. The summed E-state index contributed by atoms with van der Waals surface area (Å²) < 4.78 is 39.2. The zero-order valence-electron chi connectivity index (χ0n) is 46.0. The first kappa shape index (κ1) is 57.8. The van der Waals surface area contributed by atoms with E-state index in [-0.39, 0.29) is 47.0 Å². The highest BCUT2D eigenvalue weighted by molar-refractivity contribution is 6.58. The van der Waals surface area contributed by atoms with Gasteiger partial charge in [-0.2, -0.15) is 10.2 Å². The normalized spacial score (nSPS) is 18.8. The Labute approximate surface area is 460 Å². The molecule has 8 heterocycles. The van der Waals surface area contributed by atoms with E-state index in [1.165, 1.54) is 24.3 Å². The molecule has 78 heavy (non-hydrogen) atoms. The quantitative estimate of drug-likeness (QED) is 0.0659. The monoisotopic (exact) mass is 1100 g/mol. The number of aromatic hydroxyl groups is 2. The van der Waals surface area contributed by atoms with E-state index in [4.69, 9.17) is 60.2 Å². The summed E-state index contributed by atoms with van der Waals surface area (Å²) in [5.41, 5.74) is 2.08. The van der Waals surface area contributed by atoms with Gasteiger partial charge in [-0.15, -0.1) is 0 Å². The lowest BCUT2D eigenvalue weighted by Gasteiger charge is -2.49. The predicted octanol–water partition coefficient (Wildman–Crippen LogP) is 9.41. The third kappa shape index (κ3) is 14.3. The molecule has 10 rings (SSSR count). The van der Waals surface area contributed by atoms with Crippen molar-refractivity contribution in [3.05, 3.63) is 78.2 Å². The van der Waals surface area contributed by atoms with Gasteiger partial charge in [0.2, 0.25) is 0 Å². The molecule has 4 aliphatic rings. The second-order valence-electron chi connectivity index (χ2n) is 22.7. The highest BCUT2D eigenvalue weighted by atomic mass is 35.5. The molecule has 2 atom stereocenters. The number of amides is 2. The molecule has 4 fully saturated rings. The summed E-state index contributed by atoms with van der Waals surface area (Å²) in [4.78, 5) is 37.7. The lowest BCUT2D eigenvalue weighted by Crippen LogP contribution is -2.61. The van der Waals surface area contributed by atoms with Gasteiger partial charge in [0.15, 0.2) is 23.8 Å². The van der Waals surface area contributed by atoms with E-state index in [2.05, 4.69) is 29.0 Å². The van der Waals surface area contributed by atoms with Gasteiger partial charge in [0.25, 0.3) is 0 Å². The molecule has 420 valence electrons. The molecule has 4 aliphatic heterocycles. The van der Waals surface area contributed by atoms with E-state index in [1.54, 1.807) is 45.1 Å². The lowest BCUT2D eigenvalue weighted by atomic mass is 9.78. The topological polar surface area (TPSA) is 238 Å². The summed E-state index contributed by atoms with van der Waals surface area (Å²) in [5.74, 6) is 1.66. The number of carbonyl (C=O) groups excluding carboxylic acids is 2. The molecule has 0 radical (unpaired) electrons. The Bertz CT molecular complexity index is 2970. The van der Waals surface area contributed by atoms with Gasteiger partial charge in [0, 0.05) is 67.9 Å². The zero-order chi connectivity index (χ0) is 56.0. The predicted molar refractivity (Wildman–Crippen MR) is 295 cm³/mol. The third-order valence-electron chi connectivity index (χ3n) is 14.2. The van der Waals surface area contributed by atoms with E-state index in [1.807, 2.05) is 64.4 Å². The average molecular weight is 1100 g/mol. The second-order valence-corrected chi connectivity index (χ2v) is 23.1. The number of nitrogens with zero attached hydrogens (tertiary/aromatic N) is 8. The number of pyridine rings is 2. The molecule has 20 nitrogen and oxygen atoms in total. The molecule has 2 unspecified atom stereocenters. The summed E-state index contributed by atoms with van der Waals surface area (Å²) in [6.07, 6.45) is 10.6. The summed E-state index contributed by atoms with van der Waals surface area (Å²) in [6.45, 7) is 20.2. The molecule has 2 aromatic carbocycles. The molecule has 0 bridgehead atoms. The van der Waals surface area contributed by atoms with Crippen LogP contribution in [-0.2, 0) is 18.9 Å². The van der Waals surface area contributed by atoms with Crippen LogP contribution < -0.4 is 14.9 Å². The highest BCUT2D eigenvalue weighted by Gasteiger charge is 2.47. The minimum absolute atomic E-state index is 0.110. The van der Waals surface area contributed by atoms with Crippen molar-refractivity contribution in [2.45, 2.75) is 130 Å². The number of hydrogen-bond acceptors (Lipinski definition) is 16. The molecule has 4 saturated heterocycles. The largest absolute Gasteiger partial charge is 0.508 e. The minimum atomic E-state index is -1.46. The van der Waals surface area contributed by atoms with Gasteiger partial charge in [-0.1, -0.05) is 37.6 Å². The fourth-order valence-corrected chi connectivity index (χ4v) is 9.78. The van der Waals surface area contributed by atoms with Crippen molar-refractivity contribution < 1.29 is 58.3 Å².